The van der Waals surface area contributed by atoms with E-state index in [1.165, 1.54) is 55.2 Å². The normalized spacial score (nSPS) is 16.3. The molecule has 0 radical (unpaired) electrons. The first-order valence-electron chi connectivity index (χ1n) is 21.6. The van der Waals surface area contributed by atoms with E-state index in [9.17, 15) is 0 Å². The Balaban J connectivity index is 0.960. The molecule has 3 heterocycles. The molecule has 2 aromatic heterocycles. The lowest BCUT2D eigenvalue weighted by atomic mass is 9.80. The molecule has 0 fully saturated rings. The molecule has 12 rings (SSSR count). The Bertz CT molecular complexity index is 3440. The highest BCUT2D eigenvalue weighted by molar-refractivity contribution is 6.13. The highest BCUT2D eigenvalue weighted by Crippen LogP contribution is 2.40. The standard InChI is InChI=1S/C59H42N2O/c1-5-13-39(14-6-1)44-23-29-56-50(33-44)51-34-46(47-26-32-59-53(36-47)52-35-45(25-31-58(52)62-59)40-15-7-2-8-16-40)24-30-57(51)61(56)49-27-21-43(22-28-49)55-38-48(41-17-9-3-10-18-41)37-54(60-55)42-19-11-4-12-20-42/h1-17,19-37,41,48H,18,38H2. The van der Waals surface area contributed by atoms with Gasteiger partial charge in [0.05, 0.1) is 16.7 Å². The van der Waals surface area contributed by atoms with Crippen molar-refractivity contribution in [1.82, 2.24) is 4.57 Å². The monoisotopic (exact) mass is 794 g/mol. The van der Waals surface area contributed by atoms with Gasteiger partial charge in [0.2, 0.25) is 0 Å². The lowest BCUT2D eigenvalue weighted by Gasteiger charge is -2.27. The molecule has 0 N–H and O–H groups in total. The topological polar surface area (TPSA) is 30.4 Å². The van der Waals surface area contributed by atoms with Gasteiger partial charge in [-0.1, -0.05) is 158 Å². The second kappa shape index (κ2) is 15.1. The average molecular weight is 795 g/mol. The predicted molar refractivity (Wildman–Crippen MR) is 260 cm³/mol. The van der Waals surface area contributed by atoms with E-state index in [2.05, 4.69) is 223 Å². The van der Waals surface area contributed by atoms with Crippen molar-refractivity contribution in [2.75, 3.05) is 0 Å². The number of aliphatic imine (C=N–C) groups is 1. The second-order valence-corrected chi connectivity index (χ2v) is 16.7. The fourth-order valence-electron chi connectivity index (χ4n) is 9.72. The van der Waals surface area contributed by atoms with Gasteiger partial charge < -0.3 is 8.98 Å². The summed E-state index contributed by atoms with van der Waals surface area (Å²) in [6.45, 7) is 0. The lowest BCUT2D eigenvalue weighted by Crippen LogP contribution is -2.20. The Morgan fingerprint density at radius 3 is 1.48 bits per heavy atom. The zero-order chi connectivity index (χ0) is 41.0. The number of hydrogen-bond donors (Lipinski definition) is 0. The zero-order valence-corrected chi connectivity index (χ0v) is 34.2. The molecule has 0 saturated carbocycles. The van der Waals surface area contributed by atoms with E-state index in [1.807, 2.05) is 0 Å². The van der Waals surface area contributed by atoms with Crippen LogP contribution in [0.4, 0.5) is 0 Å². The Kier molecular flexibility index (Phi) is 8.78. The summed E-state index contributed by atoms with van der Waals surface area (Å²) in [5.41, 5.74) is 16.9. The first-order chi connectivity index (χ1) is 30.7. The van der Waals surface area contributed by atoms with E-state index in [1.54, 1.807) is 0 Å². The lowest BCUT2D eigenvalue weighted by molar-refractivity contribution is 0.488. The van der Waals surface area contributed by atoms with Crippen LogP contribution in [0.25, 0.3) is 88.5 Å². The van der Waals surface area contributed by atoms with Gasteiger partial charge in [-0.25, -0.2) is 0 Å². The minimum absolute atomic E-state index is 0.378. The summed E-state index contributed by atoms with van der Waals surface area (Å²) >= 11 is 0. The number of furan rings is 1. The number of aromatic nitrogens is 1. The molecular weight excluding hydrogens is 753 g/mol. The number of nitrogens with zero attached hydrogens (tertiary/aromatic N) is 2. The van der Waals surface area contributed by atoms with Crippen molar-refractivity contribution < 1.29 is 4.42 Å². The van der Waals surface area contributed by atoms with Crippen LogP contribution in [0.1, 0.15) is 24.0 Å². The predicted octanol–water partition coefficient (Wildman–Crippen LogP) is 15.7. The summed E-state index contributed by atoms with van der Waals surface area (Å²) < 4.78 is 8.78. The fourth-order valence-corrected chi connectivity index (χ4v) is 9.72. The molecule has 10 aromatic rings. The van der Waals surface area contributed by atoms with Gasteiger partial charge >= 0.3 is 0 Å². The van der Waals surface area contributed by atoms with Gasteiger partial charge in [0.25, 0.3) is 0 Å². The molecule has 2 aliphatic rings. The fraction of sp³-hybridized carbons (Fsp3) is 0.0678. The number of rotatable bonds is 7. The first kappa shape index (κ1) is 36.1. The van der Waals surface area contributed by atoms with Crippen molar-refractivity contribution in [1.29, 1.82) is 0 Å². The maximum Gasteiger partial charge on any atom is 0.135 e. The quantitative estimate of drug-likeness (QED) is 0.158. The van der Waals surface area contributed by atoms with Crippen LogP contribution in [0.3, 0.4) is 0 Å². The van der Waals surface area contributed by atoms with Crippen molar-refractivity contribution in [3.63, 3.8) is 0 Å². The molecule has 294 valence electrons. The van der Waals surface area contributed by atoms with E-state index in [0.717, 1.165) is 63.0 Å². The highest BCUT2D eigenvalue weighted by atomic mass is 16.3. The van der Waals surface area contributed by atoms with E-state index < -0.39 is 0 Å². The van der Waals surface area contributed by atoms with Crippen molar-refractivity contribution in [3.05, 3.63) is 230 Å². The van der Waals surface area contributed by atoms with Crippen LogP contribution in [0.5, 0.6) is 0 Å². The van der Waals surface area contributed by atoms with E-state index in [0.29, 0.717) is 11.8 Å². The summed E-state index contributed by atoms with van der Waals surface area (Å²) in [5, 5.41) is 4.69. The molecule has 1 aliphatic carbocycles. The van der Waals surface area contributed by atoms with Crippen molar-refractivity contribution >= 4 is 55.2 Å². The summed E-state index contributed by atoms with van der Waals surface area (Å²) in [7, 11) is 0. The molecule has 1 aliphatic heterocycles. The van der Waals surface area contributed by atoms with Crippen molar-refractivity contribution in [2.45, 2.75) is 12.8 Å². The molecule has 2 atom stereocenters. The number of benzene rings is 8. The maximum atomic E-state index is 6.36. The average Bonchev–Trinajstić information content (AvgIpc) is 3.89. The van der Waals surface area contributed by atoms with Crippen molar-refractivity contribution in [2.24, 2.45) is 16.8 Å². The van der Waals surface area contributed by atoms with E-state index in [-0.39, 0.29) is 0 Å². The highest BCUT2D eigenvalue weighted by Gasteiger charge is 2.25. The third-order valence-corrected chi connectivity index (χ3v) is 12.9. The summed E-state index contributed by atoms with van der Waals surface area (Å²) in [6.07, 6.45) is 13.4. The minimum atomic E-state index is 0.378. The SMILES string of the molecule is C1=CCC(C2C=C(c3ccccc3)N=C(c3ccc(-n4c5ccc(-c6ccccc6)cc5c5cc(-c6ccc7oc8ccc(-c9ccccc9)cc8c7c6)ccc54)cc3)C2)C=C1. The number of fused-ring (bicyclic) bond motifs is 6. The van der Waals surface area contributed by atoms with Gasteiger partial charge in [-0.3, -0.25) is 4.99 Å². The van der Waals surface area contributed by atoms with Gasteiger partial charge in [-0.05, 0) is 130 Å². The molecule has 62 heavy (non-hydrogen) atoms. The Morgan fingerprint density at radius 1 is 0.435 bits per heavy atom. The third-order valence-electron chi connectivity index (χ3n) is 12.9. The molecule has 0 saturated heterocycles. The molecule has 3 heteroatoms. The number of hydrogen-bond acceptors (Lipinski definition) is 2. The summed E-state index contributed by atoms with van der Waals surface area (Å²) in [4.78, 5) is 5.31. The second-order valence-electron chi connectivity index (χ2n) is 16.7. The van der Waals surface area contributed by atoms with Gasteiger partial charge in [-0.2, -0.15) is 0 Å². The van der Waals surface area contributed by atoms with Crippen LogP contribution >= 0.6 is 0 Å². The molecule has 0 spiro atoms. The maximum absolute atomic E-state index is 6.36. The van der Waals surface area contributed by atoms with Crippen LogP contribution in [-0.2, 0) is 0 Å². The molecule has 0 bridgehead atoms. The van der Waals surface area contributed by atoms with Crippen LogP contribution in [0.15, 0.2) is 228 Å². The molecule has 3 nitrogen and oxygen atoms in total. The third kappa shape index (κ3) is 6.42. The largest absolute Gasteiger partial charge is 0.456 e. The van der Waals surface area contributed by atoms with Crippen LogP contribution < -0.4 is 0 Å². The smallest absolute Gasteiger partial charge is 0.135 e. The molecule has 0 amide bonds. The van der Waals surface area contributed by atoms with Gasteiger partial charge in [0.15, 0.2) is 0 Å². The van der Waals surface area contributed by atoms with Gasteiger partial charge in [-0.15, -0.1) is 0 Å². The molecular formula is C59H42N2O. The van der Waals surface area contributed by atoms with Crippen molar-refractivity contribution in [3.8, 4) is 39.1 Å². The van der Waals surface area contributed by atoms with E-state index >= 15 is 0 Å². The van der Waals surface area contributed by atoms with Crippen LogP contribution in [0.2, 0.25) is 0 Å². The van der Waals surface area contributed by atoms with Crippen LogP contribution in [-0.4, -0.2) is 10.3 Å². The first-order valence-corrected chi connectivity index (χ1v) is 21.6. The van der Waals surface area contributed by atoms with Gasteiger partial charge in [0.1, 0.15) is 11.2 Å². The van der Waals surface area contributed by atoms with Gasteiger partial charge in [0, 0.05) is 32.9 Å². The minimum Gasteiger partial charge on any atom is -0.456 e. The number of allylic oxidation sites excluding steroid dienone is 5. The van der Waals surface area contributed by atoms with E-state index in [4.69, 9.17) is 9.41 Å². The Hall–Kier alpha value is -7.75. The Morgan fingerprint density at radius 2 is 0.935 bits per heavy atom. The summed E-state index contributed by atoms with van der Waals surface area (Å²) in [6, 6.07) is 67.9. The molecule has 2 unspecified atom stereocenters. The molecule has 8 aromatic carbocycles. The van der Waals surface area contributed by atoms with Crippen LogP contribution in [0, 0.1) is 11.8 Å². The Labute approximate surface area is 360 Å². The summed E-state index contributed by atoms with van der Waals surface area (Å²) in [5.74, 6) is 0.837. The zero-order valence-electron chi connectivity index (χ0n) is 34.2.